The van der Waals surface area contributed by atoms with Gasteiger partial charge >= 0.3 is 0 Å². The summed E-state index contributed by atoms with van der Waals surface area (Å²) in [5.41, 5.74) is 0.776. The first-order valence-electron chi connectivity index (χ1n) is 6.65. The maximum atomic E-state index is 12.5. The summed E-state index contributed by atoms with van der Waals surface area (Å²) in [5, 5.41) is 10.2. The predicted octanol–water partition coefficient (Wildman–Crippen LogP) is 0.756. The van der Waals surface area contributed by atoms with Crippen molar-refractivity contribution in [3.05, 3.63) is 29.6 Å². The molecule has 0 bridgehead atoms. The Labute approximate surface area is 112 Å². The topological polar surface area (TPSA) is 62.7 Å². The van der Waals surface area contributed by atoms with Gasteiger partial charge in [0.15, 0.2) is 0 Å². The quantitative estimate of drug-likeness (QED) is 0.811. The minimum atomic E-state index is -0.594. The smallest absolute Gasteiger partial charge is 0.272 e. The number of pyridine rings is 1. The second-order valence-electron chi connectivity index (χ2n) is 5.39. The lowest BCUT2D eigenvalue weighted by Gasteiger charge is -2.25. The van der Waals surface area contributed by atoms with Gasteiger partial charge in [0, 0.05) is 19.3 Å². The Morgan fingerprint density at radius 2 is 2.47 bits per heavy atom. The summed E-state index contributed by atoms with van der Waals surface area (Å²) in [4.78, 5) is 18.3. The summed E-state index contributed by atoms with van der Waals surface area (Å²) in [7, 11) is 0. The molecule has 5 heteroatoms. The number of amides is 1. The van der Waals surface area contributed by atoms with Gasteiger partial charge in [-0.05, 0) is 31.4 Å². The van der Waals surface area contributed by atoms with Crippen LogP contribution in [0.15, 0.2) is 18.3 Å². The number of aliphatic hydroxyl groups excluding tert-OH is 1. The van der Waals surface area contributed by atoms with E-state index in [1.165, 1.54) is 0 Å². The zero-order valence-corrected chi connectivity index (χ0v) is 11.0. The third-order valence-electron chi connectivity index (χ3n) is 4.09. The van der Waals surface area contributed by atoms with E-state index in [0.717, 1.165) is 18.4 Å². The minimum Gasteiger partial charge on any atom is -0.388 e. The molecule has 5 nitrogen and oxygen atoms in total. The molecule has 3 heterocycles. The number of likely N-dealkylation sites (tertiary alicyclic amines) is 1. The lowest BCUT2D eigenvalue weighted by Crippen LogP contribution is -2.41. The van der Waals surface area contributed by atoms with E-state index in [2.05, 4.69) is 4.98 Å². The van der Waals surface area contributed by atoms with Crippen molar-refractivity contribution in [1.82, 2.24) is 9.88 Å². The molecule has 1 amide bonds. The van der Waals surface area contributed by atoms with Crippen LogP contribution in [0, 0.1) is 6.92 Å². The lowest BCUT2D eigenvalue weighted by molar-refractivity contribution is -0.0590. The second-order valence-corrected chi connectivity index (χ2v) is 5.39. The molecule has 19 heavy (non-hydrogen) atoms. The maximum absolute atomic E-state index is 12.5. The molecule has 1 aromatic rings. The number of rotatable bonds is 1. The van der Waals surface area contributed by atoms with E-state index in [1.807, 2.05) is 19.1 Å². The molecule has 2 saturated heterocycles. The molecule has 102 valence electrons. The summed E-state index contributed by atoms with van der Waals surface area (Å²) in [6.45, 7) is 3.33. The molecular formula is C14H18N2O3. The van der Waals surface area contributed by atoms with Crippen LogP contribution in [0.25, 0.3) is 0 Å². The Bertz CT molecular complexity index is 497. The third-order valence-corrected chi connectivity index (χ3v) is 4.09. The number of carbonyl (C=O) groups excluding carboxylic acids is 1. The fourth-order valence-corrected chi connectivity index (χ4v) is 2.99. The lowest BCUT2D eigenvalue weighted by atomic mass is 9.97. The summed E-state index contributed by atoms with van der Waals surface area (Å²) >= 11 is 0. The first kappa shape index (κ1) is 12.6. The Balaban J connectivity index is 1.81. The molecule has 3 rings (SSSR count). The molecule has 0 saturated carbocycles. The number of aryl methyl sites for hydroxylation is 1. The fraction of sp³-hybridized carbons (Fsp3) is 0.571. The van der Waals surface area contributed by atoms with E-state index < -0.39 is 11.7 Å². The van der Waals surface area contributed by atoms with Crippen molar-refractivity contribution < 1.29 is 14.6 Å². The first-order valence-corrected chi connectivity index (χ1v) is 6.65. The van der Waals surface area contributed by atoms with Gasteiger partial charge in [0.2, 0.25) is 0 Å². The Hall–Kier alpha value is -1.46. The molecule has 2 aliphatic rings. The Morgan fingerprint density at radius 3 is 3.16 bits per heavy atom. The highest BCUT2D eigenvalue weighted by Crippen LogP contribution is 2.35. The Kier molecular flexibility index (Phi) is 3.03. The third kappa shape index (κ3) is 2.03. The zero-order chi connectivity index (χ0) is 13.5. The van der Waals surface area contributed by atoms with Gasteiger partial charge in [0.25, 0.3) is 5.91 Å². The average Bonchev–Trinajstić information content (AvgIpc) is 2.99. The van der Waals surface area contributed by atoms with Crippen molar-refractivity contribution in [2.24, 2.45) is 0 Å². The van der Waals surface area contributed by atoms with Crippen LogP contribution in [0.5, 0.6) is 0 Å². The highest BCUT2D eigenvalue weighted by Gasteiger charge is 2.50. The number of carbonyl (C=O) groups is 1. The van der Waals surface area contributed by atoms with E-state index in [-0.39, 0.29) is 5.91 Å². The summed E-state index contributed by atoms with van der Waals surface area (Å²) in [5.74, 6) is -0.121. The number of β-amino-alcohol motifs (C(OH)–C–C–N with tert-alkyl or cyclic N) is 1. The van der Waals surface area contributed by atoms with Crippen LogP contribution in [-0.2, 0) is 4.74 Å². The van der Waals surface area contributed by atoms with Crippen LogP contribution in [0.2, 0.25) is 0 Å². The number of hydrogen-bond donors (Lipinski definition) is 1. The molecule has 0 unspecified atom stereocenters. The SMILES string of the molecule is Cc1cccnc1C(=O)N1C[C@H](O)[C@]2(CCCO2)C1. The monoisotopic (exact) mass is 262 g/mol. The van der Waals surface area contributed by atoms with E-state index >= 15 is 0 Å². The van der Waals surface area contributed by atoms with E-state index in [0.29, 0.717) is 25.4 Å². The van der Waals surface area contributed by atoms with E-state index in [4.69, 9.17) is 4.74 Å². The summed E-state index contributed by atoms with van der Waals surface area (Å²) in [6, 6.07) is 3.68. The predicted molar refractivity (Wildman–Crippen MR) is 68.8 cm³/mol. The van der Waals surface area contributed by atoms with Gasteiger partial charge in [0.05, 0.1) is 6.54 Å². The van der Waals surface area contributed by atoms with Crippen LogP contribution < -0.4 is 0 Å². The van der Waals surface area contributed by atoms with Crippen LogP contribution in [0.4, 0.5) is 0 Å². The highest BCUT2D eigenvalue weighted by atomic mass is 16.5. The van der Waals surface area contributed by atoms with Crippen LogP contribution in [0.1, 0.15) is 28.9 Å². The highest BCUT2D eigenvalue weighted by molar-refractivity contribution is 5.94. The first-order chi connectivity index (χ1) is 9.12. The number of aromatic nitrogens is 1. The molecule has 0 aliphatic carbocycles. The zero-order valence-electron chi connectivity index (χ0n) is 11.0. The second kappa shape index (κ2) is 4.58. The van der Waals surface area contributed by atoms with Crippen molar-refractivity contribution >= 4 is 5.91 Å². The van der Waals surface area contributed by atoms with Crippen molar-refractivity contribution in [3.8, 4) is 0 Å². The average molecular weight is 262 g/mol. The van der Waals surface area contributed by atoms with Crippen molar-refractivity contribution in [1.29, 1.82) is 0 Å². The van der Waals surface area contributed by atoms with Crippen molar-refractivity contribution in [3.63, 3.8) is 0 Å². The minimum absolute atomic E-state index is 0.121. The maximum Gasteiger partial charge on any atom is 0.272 e. The fourth-order valence-electron chi connectivity index (χ4n) is 2.99. The molecular weight excluding hydrogens is 244 g/mol. The van der Waals surface area contributed by atoms with Crippen LogP contribution >= 0.6 is 0 Å². The molecule has 0 radical (unpaired) electrons. The van der Waals surface area contributed by atoms with Crippen molar-refractivity contribution in [2.75, 3.05) is 19.7 Å². The van der Waals surface area contributed by atoms with Gasteiger partial charge in [-0.1, -0.05) is 6.07 Å². The normalized spacial score (nSPS) is 30.2. The van der Waals surface area contributed by atoms with E-state index in [9.17, 15) is 9.90 Å². The molecule has 0 aromatic carbocycles. The van der Waals surface area contributed by atoms with Gasteiger partial charge in [-0.25, -0.2) is 0 Å². The van der Waals surface area contributed by atoms with Crippen molar-refractivity contribution in [2.45, 2.75) is 31.5 Å². The standard InChI is InChI=1S/C14H18N2O3/c1-10-4-2-6-15-12(10)13(18)16-8-11(17)14(9-16)5-3-7-19-14/h2,4,6,11,17H,3,5,7-9H2,1H3/t11-,14-/m0/s1. The molecule has 1 N–H and O–H groups in total. The Morgan fingerprint density at radius 1 is 1.63 bits per heavy atom. The van der Waals surface area contributed by atoms with Gasteiger partial charge in [-0.3, -0.25) is 9.78 Å². The van der Waals surface area contributed by atoms with Gasteiger partial charge in [0.1, 0.15) is 17.4 Å². The molecule has 1 aromatic heterocycles. The van der Waals surface area contributed by atoms with E-state index in [1.54, 1.807) is 11.1 Å². The number of nitrogens with zero attached hydrogens (tertiary/aromatic N) is 2. The summed E-state index contributed by atoms with van der Waals surface area (Å²) in [6.07, 6.45) is 2.79. The number of hydrogen-bond acceptors (Lipinski definition) is 4. The largest absolute Gasteiger partial charge is 0.388 e. The van der Waals surface area contributed by atoms with Gasteiger partial charge < -0.3 is 14.7 Å². The molecule has 2 atom stereocenters. The molecule has 1 spiro atoms. The molecule has 2 fully saturated rings. The van der Waals surface area contributed by atoms with Gasteiger partial charge in [-0.2, -0.15) is 0 Å². The molecule has 2 aliphatic heterocycles. The number of aliphatic hydroxyl groups is 1. The van der Waals surface area contributed by atoms with Crippen LogP contribution in [-0.4, -0.2) is 52.3 Å². The van der Waals surface area contributed by atoms with Gasteiger partial charge in [-0.15, -0.1) is 0 Å². The van der Waals surface area contributed by atoms with Crippen LogP contribution in [0.3, 0.4) is 0 Å². The summed E-state index contributed by atoms with van der Waals surface area (Å²) < 4.78 is 5.70. The number of ether oxygens (including phenoxy) is 1.